The van der Waals surface area contributed by atoms with Gasteiger partial charge in [0.1, 0.15) is 11.5 Å². The lowest BCUT2D eigenvalue weighted by Crippen LogP contribution is -2.35. The van der Waals surface area contributed by atoms with Crippen LogP contribution in [0.4, 0.5) is 0 Å². The van der Waals surface area contributed by atoms with Gasteiger partial charge < -0.3 is 25.0 Å². The molecule has 1 aromatic rings. The maximum absolute atomic E-state index is 8.99. The van der Waals surface area contributed by atoms with Gasteiger partial charge in [-0.25, -0.2) is 0 Å². The summed E-state index contributed by atoms with van der Waals surface area (Å²) >= 11 is 0. The lowest BCUT2D eigenvalue weighted by molar-refractivity contribution is 0.170. The average molecular weight is 255 g/mol. The van der Waals surface area contributed by atoms with Gasteiger partial charge in [0.2, 0.25) is 0 Å². The second-order valence-electron chi connectivity index (χ2n) is 4.03. The monoisotopic (exact) mass is 255 g/mol. The Bertz CT molecular complexity index is 377. The number of benzene rings is 1. The molecular weight excluding hydrogens is 234 g/mol. The molecule has 0 radical (unpaired) electrons. The highest BCUT2D eigenvalue weighted by Gasteiger charge is 2.12. The van der Waals surface area contributed by atoms with Gasteiger partial charge >= 0.3 is 0 Å². The first-order chi connectivity index (χ1) is 8.67. The van der Waals surface area contributed by atoms with Crippen LogP contribution in [0, 0.1) is 6.92 Å². The van der Waals surface area contributed by atoms with E-state index < -0.39 is 0 Å². The van der Waals surface area contributed by atoms with Gasteiger partial charge in [0.25, 0.3) is 0 Å². The smallest absolute Gasteiger partial charge is 0.129 e. The molecule has 5 nitrogen and oxygen atoms in total. The minimum Gasteiger partial charge on any atom is -0.496 e. The highest BCUT2D eigenvalue weighted by Crippen LogP contribution is 2.31. The SMILES string of the molecule is COc1ccc(CNC(CO)CO)c(OC)c1C. The van der Waals surface area contributed by atoms with Crippen molar-refractivity contribution in [2.45, 2.75) is 19.5 Å². The Morgan fingerprint density at radius 3 is 2.33 bits per heavy atom. The molecule has 0 spiro atoms. The average Bonchev–Trinajstić information content (AvgIpc) is 2.40. The van der Waals surface area contributed by atoms with Gasteiger partial charge in [-0.1, -0.05) is 6.07 Å². The fourth-order valence-electron chi connectivity index (χ4n) is 1.82. The Hall–Kier alpha value is -1.30. The van der Waals surface area contributed by atoms with Gasteiger partial charge in [0.05, 0.1) is 33.5 Å². The molecule has 102 valence electrons. The minimum absolute atomic E-state index is 0.103. The zero-order valence-electron chi connectivity index (χ0n) is 11.1. The van der Waals surface area contributed by atoms with Gasteiger partial charge in [-0.05, 0) is 13.0 Å². The highest BCUT2D eigenvalue weighted by atomic mass is 16.5. The molecule has 0 atom stereocenters. The zero-order valence-corrected chi connectivity index (χ0v) is 11.1. The first-order valence-electron chi connectivity index (χ1n) is 5.83. The van der Waals surface area contributed by atoms with Crippen LogP contribution in [0.15, 0.2) is 12.1 Å². The van der Waals surface area contributed by atoms with Crippen LogP contribution in [0.2, 0.25) is 0 Å². The van der Waals surface area contributed by atoms with Crippen molar-refractivity contribution >= 4 is 0 Å². The Labute approximate surface area is 107 Å². The third-order valence-electron chi connectivity index (χ3n) is 2.88. The van der Waals surface area contributed by atoms with Gasteiger partial charge in [0, 0.05) is 17.7 Å². The number of rotatable bonds is 7. The zero-order chi connectivity index (χ0) is 13.5. The molecule has 0 aliphatic heterocycles. The van der Waals surface area contributed by atoms with E-state index in [-0.39, 0.29) is 19.3 Å². The highest BCUT2D eigenvalue weighted by molar-refractivity contribution is 5.49. The van der Waals surface area contributed by atoms with Crippen molar-refractivity contribution in [3.8, 4) is 11.5 Å². The van der Waals surface area contributed by atoms with Crippen LogP contribution in [0.3, 0.4) is 0 Å². The summed E-state index contributed by atoms with van der Waals surface area (Å²) < 4.78 is 10.6. The van der Waals surface area contributed by atoms with Crippen LogP contribution in [0.25, 0.3) is 0 Å². The lowest BCUT2D eigenvalue weighted by Gasteiger charge is -2.17. The maximum Gasteiger partial charge on any atom is 0.129 e. The quantitative estimate of drug-likeness (QED) is 0.660. The molecule has 0 aliphatic rings. The summed E-state index contributed by atoms with van der Waals surface area (Å²) in [6, 6.07) is 3.46. The van der Waals surface area contributed by atoms with Gasteiger partial charge in [-0.15, -0.1) is 0 Å². The van der Waals surface area contributed by atoms with Crippen molar-refractivity contribution in [3.63, 3.8) is 0 Å². The summed E-state index contributed by atoms with van der Waals surface area (Å²) in [4.78, 5) is 0. The summed E-state index contributed by atoms with van der Waals surface area (Å²) in [5.41, 5.74) is 1.89. The number of aliphatic hydroxyl groups excluding tert-OH is 2. The van der Waals surface area contributed by atoms with E-state index in [1.54, 1.807) is 14.2 Å². The normalized spacial score (nSPS) is 10.8. The third-order valence-corrected chi connectivity index (χ3v) is 2.88. The number of nitrogens with one attached hydrogen (secondary N) is 1. The van der Waals surface area contributed by atoms with E-state index >= 15 is 0 Å². The van der Waals surface area contributed by atoms with Crippen LogP contribution < -0.4 is 14.8 Å². The molecule has 1 rings (SSSR count). The van der Waals surface area contributed by atoms with Crippen molar-refractivity contribution in [3.05, 3.63) is 23.3 Å². The predicted molar refractivity (Wildman–Crippen MR) is 69.1 cm³/mol. The number of aliphatic hydroxyl groups is 2. The van der Waals surface area contributed by atoms with Crippen LogP contribution >= 0.6 is 0 Å². The van der Waals surface area contributed by atoms with Crippen molar-refractivity contribution in [2.24, 2.45) is 0 Å². The van der Waals surface area contributed by atoms with E-state index in [2.05, 4.69) is 5.32 Å². The second-order valence-corrected chi connectivity index (χ2v) is 4.03. The van der Waals surface area contributed by atoms with E-state index in [4.69, 9.17) is 19.7 Å². The van der Waals surface area contributed by atoms with E-state index in [0.717, 1.165) is 22.6 Å². The van der Waals surface area contributed by atoms with Crippen molar-refractivity contribution < 1.29 is 19.7 Å². The van der Waals surface area contributed by atoms with E-state index in [0.29, 0.717) is 6.54 Å². The fourth-order valence-corrected chi connectivity index (χ4v) is 1.82. The number of hydrogen-bond donors (Lipinski definition) is 3. The Balaban J connectivity index is 2.86. The summed E-state index contributed by atoms with van der Waals surface area (Å²) in [6.07, 6.45) is 0. The van der Waals surface area contributed by atoms with Crippen LogP contribution in [0.5, 0.6) is 11.5 Å². The maximum atomic E-state index is 8.99. The molecule has 0 saturated heterocycles. The molecule has 18 heavy (non-hydrogen) atoms. The van der Waals surface area contributed by atoms with E-state index in [1.165, 1.54) is 0 Å². The molecule has 1 aromatic carbocycles. The molecular formula is C13H21NO4. The number of methoxy groups -OCH3 is 2. The Morgan fingerprint density at radius 2 is 1.83 bits per heavy atom. The summed E-state index contributed by atoms with van der Waals surface area (Å²) in [5.74, 6) is 1.54. The number of ether oxygens (including phenoxy) is 2. The molecule has 0 aliphatic carbocycles. The van der Waals surface area contributed by atoms with Crippen molar-refractivity contribution in [1.29, 1.82) is 0 Å². The molecule has 3 N–H and O–H groups in total. The topological polar surface area (TPSA) is 71.0 Å². The van der Waals surface area contributed by atoms with E-state index in [9.17, 15) is 0 Å². The second kappa shape index (κ2) is 7.20. The van der Waals surface area contributed by atoms with Crippen molar-refractivity contribution in [2.75, 3.05) is 27.4 Å². The minimum atomic E-state index is -0.322. The fraction of sp³-hybridized carbons (Fsp3) is 0.538. The molecule has 0 unspecified atom stereocenters. The molecule has 0 saturated carbocycles. The van der Waals surface area contributed by atoms with Crippen molar-refractivity contribution in [1.82, 2.24) is 5.32 Å². The Kier molecular flexibility index (Phi) is 5.91. The summed E-state index contributed by atoms with van der Waals surface area (Å²) in [5, 5.41) is 21.0. The van der Waals surface area contributed by atoms with Crippen LogP contribution in [-0.2, 0) is 6.54 Å². The molecule has 5 heteroatoms. The summed E-state index contributed by atoms with van der Waals surface area (Å²) in [6.45, 7) is 2.23. The molecule has 0 aromatic heterocycles. The van der Waals surface area contributed by atoms with Crippen LogP contribution in [0.1, 0.15) is 11.1 Å². The predicted octanol–water partition coefficient (Wildman–Crippen LogP) is 0.455. The largest absolute Gasteiger partial charge is 0.496 e. The van der Waals surface area contributed by atoms with E-state index in [1.807, 2.05) is 19.1 Å². The molecule has 0 heterocycles. The first kappa shape index (κ1) is 14.8. The van der Waals surface area contributed by atoms with Gasteiger partial charge in [0.15, 0.2) is 0 Å². The lowest BCUT2D eigenvalue weighted by atomic mass is 10.1. The standard InChI is InChI=1S/C13H21NO4/c1-9-12(17-2)5-4-10(13(9)18-3)6-14-11(7-15)8-16/h4-5,11,14-16H,6-8H2,1-3H3. The van der Waals surface area contributed by atoms with Gasteiger partial charge in [-0.2, -0.15) is 0 Å². The molecule has 0 bridgehead atoms. The molecule has 0 amide bonds. The Morgan fingerprint density at radius 1 is 1.17 bits per heavy atom. The van der Waals surface area contributed by atoms with Crippen LogP contribution in [-0.4, -0.2) is 43.7 Å². The molecule has 0 fully saturated rings. The third kappa shape index (κ3) is 3.35. The first-order valence-corrected chi connectivity index (χ1v) is 5.83. The summed E-state index contributed by atoms with van der Waals surface area (Å²) in [7, 11) is 3.23. The van der Waals surface area contributed by atoms with Gasteiger partial charge in [-0.3, -0.25) is 0 Å². The number of hydrogen-bond acceptors (Lipinski definition) is 5.